The van der Waals surface area contributed by atoms with E-state index in [4.69, 9.17) is 0 Å². The molecule has 0 aliphatic carbocycles. The fraction of sp³-hybridized carbons (Fsp3) is 0.263. The second-order valence-electron chi connectivity index (χ2n) is 5.63. The molecule has 0 amide bonds. The van der Waals surface area contributed by atoms with Crippen LogP contribution in [0.25, 0.3) is 5.69 Å². The fourth-order valence-corrected chi connectivity index (χ4v) is 2.49. The summed E-state index contributed by atoms with van der Waals surface area (Å²) in [5.41, 5.74) is 1.99. The summed E-state index contributed by atoms with van der Waals surface area (Å²) in [6.07, 6.45) is 6.08. The maximum absolute atomic E-state index is 4.62. The summed E-state index contributed by atoms with van der Waals surface area (Å²) in [7, 11) is 0. The number of rotatable bonds is 7. The van der Waals surface area contributed by atoms with Crippen LogP contribution in [-0.2, 0) is 13.1 Å². The Kier molecular flexibility index (Phi) is 5.87. The third-order valence-electron chi connectivity index (χ3n) is 3.74. The first-order chi connectivity index (χ1) is 12.3. The largest absolute Gasteiger partial charge is 0.357 e. The van der Waals surface area contributed by atoms with Gasteiger partial charge in [0.1, 0.15) is 0 Å². The first-order valence-electron chi connectivity index (χ1n) is 8.58. The summed E-state index contributed by atoms with van der Waals surface area (Å²) in [5.74, 6) is 0.809. The van der Waals surface area contributed by atoms with Crippen LogP contribution in [0.5, 0.6) is 0 Å². The minimum Gasteiger partial charge on any atom is -0.357 e. The molecule has 6 nitrogen and oxygen atoms in total. The number of para-hydroxylation sites is 1. The quantitative estimate of drug-likeness (QED) is 0.515. The van der Waals surface area contributed by atoms with Crippen molar-refractivity contribution in [2.75, 3.05) is 13.1 Å². The molecule has 0 unspecified atom stereocenters. The second kappa shape index (κ2) is 8.73. The molecule has 6 heteroatoms. The highest BCUT2D eigenvalue weighted by atomic mass is 15.3. The monoisotopic (exact) mass is 336 g/mol. The van der Waals surface area contributed by atoms with Crippen molar-refractivity contribution in [2.45, 2.75) is 20.0 Å². The van der Waals surface area contributed by atoms with Crippen molar-refractivity contribution in [2.24, 2.45) is 4.99 Å². The van der Waals surface area contributed by atoms with Crippen LogP contribution in [0.4, 0.5) is 0 Å². The molecule has 25 heavy (non-hydrogen) atoms. The lowest BCUT2D eigenvalue weighted by molar-refractivity contribution is 0.665. The maximum atomic E-state index is 4.62. The van der Waals surface area contributed by atoms with Crippen LogP contribution >= 0.6 is 0 Å². The molecule has 0 fully saturated rings. The van der Waals surface area contributed by atoms with Crippen LogP contribution in [0.15, 0.2) is 72.1 Å². The highest BCUT2D eigenvalue weighted by Gasteiger charge is 2.02. The van der Waals surface area contributed by atoms with Gasteiger partial charge in [0.05, 0.1) is 17.9 Å². The van der Waals surface area contributed by atoms with Crippen molar-refractivity contribution in [3.63, 3.8) is 0 Å². The van der Waals surface area contributed by atoms with Gasteiger partial charge in [-0.15, -0.1) is 0 Å². The molecule has 2 aromatic heterocycles. The van der Waals surface area contributed by atoms with E-state index in [1.807, 2.05) is 59.4 Å². The Hall–Kier alpha value is -3.02. The Balaban J connectivity index is 1.56. The summed E-state index contributed by atoms with van der Waals surface area (Å²) >= 11 is 0. The van der Waals surface area contributed by atoms with E-state index in [2.05, 4.69) is 44.6 Å². The minimum absolute atomic E-state index is 0.540. The molecule has 0 radical (unpaired) electrons. The molecule has 0 aliphatic heterocycles. The van der Waals surface area contributed by atoms with Gasteiger partial charge in [0.2, 0.25) is 0 Å². The standard InChI is InChI=1S/C19H24N6/c1-2-20-19(21-11-15-24-12-6-7-13-24)22-16-17-10-14-25(23-17)18-8-4-3-5-9-18/h3-10,12-14H,2,11,15-16H2,1H3,(H2,20,21,22). The van der Waals surface area contributed by atoms with E-state index in [0.29, 0.717) is 6.54 Å². The maximum Gasteiger partial charge on any atom is 0.191 e. The summed E-state index contributed by atoms with van der Waals surface area (Å²) in [4.78, 5) is 4.62. The van der Waals surface area contributed by atoms with Gasteiger partial charge >= 0.3 is 0 Å². The number of nitrogens with one attached hydrogen (secondary N) is 2. The molecule has 0 saturated heterocycles. The highest BCUT2D eigenvalue weighted by molar-refractivity contribution is 5.79. The van der Waals surface area contributed by atoms with Crippen LogP contribution in [0, 0.1) is 0 Å². The molecule has 130 valence electrons. The highest BCUT2D eigenvalue weighted by Crippen LogP contribution is 2.07. The van der Waals surface area contributed by atoms with E-state index >= 15 is 0 Å². The van der Waals surface area contributed by atoms with Gasteiger partial charge in [0.25, 0.3) is 0 Å². The molecule has 1 aromatic carbocycles. The van der Waals surface area contributed by atoms with Crippen molar-refractivity contribution in [1.29, 1.82) is 0 Å². The molecule has 3 rings (SSSR count). The van der Waals surface area contributed by atoms with Crippen LogP contribution < -0.4 is 10.6 Å². The molecule has 0 spiro atoms. The molecule has 0 saturated carbocycles. The predicted octanol–water partition coefficient (Wildman–Crippen LogP) is 2.43. The average Bonchev–Trinajstić information content (AvgIpc) is 3.32. The van der Waals surface area contributed by atoms with E-state index in [9.17, 15) is 0 Å². The average molecular weight is 336 g/mol. The molecular formula is C19H24N6. The fourth-order valence-electron chi connectivity index (χ4n) is 2.49. The van der Waals surface area contributed by atoms with E-state index in [-0.39, 0.29) is 0 Å². The zero-order valence-electron chi connectivity index (χ0n) is 14.5. The minimum atomic E-state index is 0.540. The molecule has 2 heterocycles. The van der Waals surface area contributed by atoms with Crippen molar-refractivity contribution in [3.05, 3.63) is 72.8 Å². The predicted molar refractivity (Wildman–Crippen MR) is 101 cm³/mol. The molecule has 0 bridgehead atoms. The van der Waals surface area contributed by atoms with Crippen LogP contribution in [0.2, 0.25) is 0 Å². The molecule has 0 atom stereocenters. The number of benzene rings is 1. The number of guanidine groups is 1. The number of hydrogen-bond acceptors (Lipinski definition) is 2. The van der Waals surface area contributed by atoms with Crippen molar-refractivity contribution in [3.8, 4) is 5.69 Å². The zero-order chi connectivity index (χ0) is 17.3. The van der Waals surface area contributed by atoms with E-state index < -0.39 is 0 Å². The smallest absolute Gasteiger partial charge is 0.191 e. The van der Waals surface area contributed by atoms with Crippen molar-refractivity contribution in [1.82, 2.24) is 25.0 Å². The van der Waals surface area contributed by atoms with Crippen LogP contribution in [0.3, 0.4) is 0 Å². The Bertz CT molecular complexity index is 773. The van der Waals surface area contributed by atoms with E-state index in [1.165, 1.54) is 0 Å². The second-order valence-corrected chi connectivity index (χ2v) is 5.63. The Morgan fingerprint density at radius 2 is 1.80 bits per heavy atom. The van der Waals surface area contributed by atoms with Gasteiger partial charge in [0, 0.05) is 38.2 Å². The van der Waals surface area contributed by atoms with Gasteiger partial charge in [-0.05, 0) is 37.3 Å². The third kappa shape index (κ3) is 4.97. The van der Waals surface area contributed by atoms with Gasteiger partial charge in [-0.25, -0.2) is 9.67 Å². The molecule has 3 aromatic rings. The van der Waals surface area contributed by atoms with E-state index in [0.717, 1.165) is 37.0 Å². The number of hydrogen-bond donors (Lipinski definition) is 2. The summed E-state index contributed by atoms with van der Waals surface area (Å²) < 4.78 is 4.01. The normalized spacial score (nSPS) is 11.5. The van der Waals surface area contributed by atoms with Crippen molar-refractivity contribution >= 4 is 5.96 Å². The molecule has 2 N–H and O–H groups in total. The summed E-state index contributed by atoms with van der Waals surface area (Å²) in [6, 6.07) is 16.1. The third-order valence-corrected chi connectivity index (χ3v) is 3.74. The first-order valence-corrected chi connectivity index (χ1v) is 8.58. The topological polar surface area (TPSA) is 59.2 Å². The Morgan fingerprint density at radius 1 is 1.00 bits per heavy atom. The molecule has 0 aliphatic rings. The molecular weight excluding hydrogens is 312 g/mol. The zero-order valence-corrected chi connectivity index (χ0v) is 14.5. The van der Waals surface area contributed by atoms with Crippen LogP contribution in [-0.4, -0.2) is 33.4 Å². The lowest BCUT2D eigenvalue weighted by Crippen LogP contribution is -2.38. The summed E-state index contributed by atoms with van der Waals surface area (Å²) in [6.45, 7) is 5.15. The van der Waals surface area contributed by atoms with Crippen molar-refractivity contribution < 1.29 is 0 Å². The Labute approximate surface area is 148 Å². The number of nitrogens with zero attached hydrogens (tertiary/aromatic N) is 4. The SMILES string of the molecule is CCNC(=NCc1ccn(-c2ccccc2)n1)NCCn1cccc1. The lowest BCUT2D eigenvalue weighted by Gasteiger charge is -2.11. The van der Waals surface area contributed by atoms with Gasteiger partial charge in [0.15, 0.2) is 5.96 Å². The van der Waals surface area contributed by atoms with Gasteiger partial charge in [-0.2, -0.15) is 5.10 Å². The number of aromatic nitrogens is 3. The summed E-state index contributed by atoms with van der Waals surface area (Å²) in [5, 5.41) is 11.2. The van der Waals surface area contributed by atoms with Gasteiger partial charge < -0.3 is 15.2 Å². The van der Waals surface area contributed by atoms with Crippen LogP contribution in [0.1, 0.15) is 12.6 Å². The number of aliphatic imine (C=N–C) groups is 1. The van der Waals surface area contributed by atoms with E-state index in [1.54, 1.807) is 0 Å². The van der Waals surface area contributed by atoms with Gasteiger partial charge in [-0.1, -0.05) is 18.2 Å². The first kappa shape index (κ1) is 16.8. The lowest BCUT2D eigenvalue weighted by atomic mass is 10.3. The van der Waals surface area contributed by atoms with Gasteiger partial charge in [-0.3, -0.25) is 0 Å². The Morgan fingerprint density at radius 3 is 2.56 bits per heavy atom.